The molecule has 0 saturated heterocycles. The molecular weight excluding hydrogens is 289 g/mol. The maximum absolute atomic E-state index is 13.0. The zero-order chi connectivity index (χ0) is 15.1. The van der Waals surface area contributed by atoms with E-state index in [0.717, 1.165) is 12.1 Å². The Balaban J connectivity index is 2.38. The SMILES string of the molecule is O=C(O)C1(C(F)(F)F)CC(c2cc(F)cc(F)c2)=NO1. The van der Waals surface area contributed by atoms with E-state index in [4.69, 9.17) is 5.11 Å². The van der Waals surface area contributed by atoms with Gasteiger partial charge >= 0.3 is 17.7 Å². The highest BCUT2D eigenvalue weighted by Crippen LogP contribution is 2.41. The minimum atomic E-state index is -5.23. The summed E-state index contributed by atoms with van der Waals surface area (Å²) in [6.45, 7) is 0. The van der Waals surface area contributed by atoms with Gasteiger partial charge in [0.25, 0.3) is 0 Å². The quantitative estimate of drug-likeness (QED) is 0.853. The van der Waals surface area contributed by atoms with E-state index in [9.17, 15) is 26.7 Å². The molecule has 1 unspecified atom stereocenters. The molecule has 0 amide bonds. The fourth-order valence-electron chi connectivity index (χ4n) is 1.70. The van der Waals surface area contributed by atoms with E-state index >= 15 is 0 Å². The second-order valence-electron chi connectivity index (χ2n) is 4.09. The van der Waals surface area contributed by atoms with Gasteiger partial charge in [0.15, 0.2) is 0 Å². The zero-order valence-corrected chi connectivity index (χ0v) is 9.54. The van der Waals surface area contributed by atoms with Crippen molar-refractivity contribution in [2.75, 3.05) is 0 Å². The number of aliphatic carboxylic acids is 1. The van der Waals surface area contributed by atoms with Gasteiger partial charge in [0.1, 0.15) is 11.6 Å². The molecule has 0 saturated carbocycles. The van der Waals surface area contributed by atoms with Crippen LogP contribution in [0.25, 0.3) is 0 Å². The van der Waals surface area contributed by atoms with Gasteiger partial charge in [0, 0.05) is 11.6 Å². The molecule has 0 aliphatic carbocycles. The van der Waals surface area contributed by atoms with Crippen molar-refractivity contribution in [3.63, 3.8) is 0 Å². The first kappa shape index (κ1) is 14.2. The molecule has 0 aromatic heterocycles. The summed E-state index contributed by atoms with van der Waals surface area (Å²) in [6.07, 6.45) is -6.40. The molecule has 0 spiro atoms. The molecule has 9 heteroatoms. The van der Waals surface area contributed by atoms with Crippen LogP contribution in [0.4, 0.5) is 22.0 Å². The number of hydrogen-bond donors (Lipinski definition) is 1. The lowest BCUT2D eigenvalue weighted by Gasteiger charge is -2.24. The predicted molar refractivity (Wildman–Crippen MR) is 55.0 cm³/mol. The van der Waals surface area contributed by atoms with Crippen molar-refractivity contribution in [1.29, 1.82) is 0 Å². The smallest absolute Gasteiger partial charge is 0.442 e. The molecule has 1 aliphatic rings. The largest absolute Gasteiger partial charge is 0.478 e. The Morgan fingerprint density at radius 3 is 2.20 bits per heavy atom. The maximum atomic E-state index is 13.0. The lowest BCUT2D eigenvalue weighted by molar-refractivity contribution is -0.267. The molecule has 4 nitrogen and oxygen atoms in total. The van der Waals surface area contributed by atoms with Crippen LogP contribution in [-0.4, -0.2) is 28.6 Å². The van der Waals surface area contributed by atoms with Crippen molar-refractivity contribution in [2.24, 2.45) is 5.16 Å². The summed E-state index contributed by atoms with van der Waals surface area (Å²) in [5.41, 5.74) is -4.34. The van der Waals surface area contributed by atoms with Gasteiger partial charge < -0.3 is 9.94 Å². The first-order valence-corrected chi connectivity index (χ1v) is 5.17. The highest BCUT2D eigenvalue weighted by Gasteiger charge is 2.67. The van der Waals surface area contributed by atoms with Crippen molar-refractivity contribution >= 4 is 11.7 Å². The average molecular weight is 295 g/mol. The summed E-state index contributed by atoms with van der Waals surface area (Å²) >= 11 is 0. The Kier molecular flexibility index (Phi) is 3.15. The predicted octanol–water partition coefficient (Wildman–Crippen LogP) is 2.47. The van der Waals surface area contributed by atoms with E-state index in [1.165, 1.54) is 0 Å². The Morgan fingerprint density at radius 2 is 1.80 bits per heavy atom. The van der Waals surface area contributed by atoms with Gasteiger partial charge in [-0.05, 0) is 12.1 Å². The standard InChI is InChI=1S/C11H6F5NO3/c12-6-1-5(2-7(13)3-6)8-4-10(9(18)19,20-17-8)11(14,15)16/h1-3H,4H2,(H,18,19). The summed E-state index contributed by atoms with van der Waals surface area (Å²) in [4.78, 5) is 14.8. The molecule has 0 radical (unpaired) electrons. The molecule has 1 heterocycles. The highest BCUT2D eigenvalue weighted by atomic mass is 19.4. The normalized spacial score (nSPS) is 22.4. The van der Waals surface area contributed by atoms with Gasteiger partial charge in [0.05, 0.1) is 12.1 Å². The molecule has 0 bridgehead atoms. The van der Waals surface area contributed by atoms with Crippen molar-refractivity contribution in [3.8, 4) is 0 Å². The fraction of sp³-hybridized carbons (Fsp3) is 0.273. The number of alkyl halides is 3. The van der Waals surface area contributed by atoms with Crippen LogP contribution < -0.4 is 0 Å². The number of rotatable bonds is 2. The van der Waals surface area contributed by atoms with Gasteiger partial charge in [-0.2, -0.15) is 13.2 Å². The second-order valence-corrected chi connectivity index (χ2v) is 4.09. The number of hydrogen-bond acceptors (Lipinski definition) is 3. The molecule has 1 aromatic rings. The minimum absolute atomic E-state index is 0.310. The monoisotopic (exact) mass is 295 g/mol. The molecule has 0 fully saturated rings. The molecule has 1 N–H and O–H groups in total. The molecule has 1 atom stereocenters. The number of carboxylic acids is 1. The van der Waals surface area contributed by atoms with E-state index in [-0.39, 0.29) is 5.56 Å². The molecule has 1 aromatic carbocycles. The lowest BCUT2D eigenvalue weighted by Crippen LogP contribution is -2.52. The van der Waals surface area contributed by atoms with Crippen molar-refractivity contribution in [1.82, 2.24) is 0 Å². The van der Waals surface area contributed by atoms with Gasteiger partial charge in [-0.1, -0.05) is 5.16 Å². The third-order valence-electron chi connectivity index (χ3n) is 2.73. The Hall–Kier alpha value is -2.19. The Morgan fingerprint density at radius 1 is 1.25 bits per heavy atom. The Labute approximate surface area is 108 Å². The summed E-state index contributed by atoms with van der Waals surface area (Å²) in [5.74, 6) is -4.33. The lowest BCUT2D eigenvalue weighted by atomic mass is 9.93. The van der Waals surface area contributed by atoms with Gasteiger partial charge in [-0.15, -0.1) is 0 Å². The summed E-state index contributed by atoms with van der Waals surface area (Å²) in [6, 6.07) is 1.99. The molecular formula is C11H6F5NO3. The van der Waals surface area contributed by atoms with Crippen LogP contribution >= 0.6 is 0 Å². The van der Waals surface area contributed by atoms with Crippen molar-refractivity contribution in [2.45, 2.75) is 18.2 Å². The Bertz CT molecular complexity index is 578. The number of carboxylic acid groups (broad SMARTS) is 1. The van der Waals surface area contributed by atoms with Gasteiger partial charge in [-0.3, -0.25) is 0 Å². The van der Waals surface area contributed by atoms with Crippen LogP contribution in [0.5, 0.6) is 0 Å². The fourth-order valence-corrected chi connectivity index (χ4v) is 1.70. The summed E-state index contributed by atoms with van der Waals surface area (Å²) in [7, 11) is 0. The number of oxime groups is 1. The topological polar surface area (TPSA) is 58.9 Å². The second kappa shape index (κ2) is 4.43. The van der Waals surface area contributed by atoms with Gasteiger partial charge in [-0.25, -0.2) is 13.6 Å². The van der Waals surface area contributed by atoms with Crippen LogP contribution in [0.1, 0.15) is 12.0 Å². The van der Waals surface area contributed by atoms with Crippen LogP contribution in [0.2, 0.25) is 0 Å². The number of halogens is 5. The third-order valence-corrected chi connectivity index (χ3v) is 2.73. The summed E-state index contributed by atoms with van der Waals surface area (Å²) in [5, 5.41) is 11.7. The van der Waals surface area contributed by atoms with E-state index in [0.29, 0.717) is 6.07 Å². The van der Waals surface area contributed by atoms with E-state index in [1.807, 2.05) is 0 Å². The van der Waals surface area contributed by atoms with E-state index in [1.54, 1.807) is 0 Å². The van der Waals surface area contributed by atoms with Crippen LogP contribution in [0, 0.1) is 11.6 Å². The van der Waals surface area contributed by atoms with E-state index < -0.39 is 41.5 Å². The van der Waals surface area contributed by atoms with Crippen LogP contribution in [0.3, 0.4) is 0 Å². The molecule has 20 heavy (non-hydrogen) atoms. The highest BCUT2D eigenvalue weighted by molar-refractivity contribution is 6.04. The van der Waals surface area contributed by atoms with E-state index in [2.05, 4.69) is 9.99 Å². The number of nitrogens with zero attached hydrogens (tertiary/aromatic N) is 1. The minimum Gasteiger partial charge on any atom is -0.478 e. The molecule has 1 aliphatic heterocycles. The molecule has 108 valence electrons. The van der Waals surface area contributed by atoms with Crippen LogP contribution in [-0.2, 0) is 9.63 Å². The van der Waals surface area contributed by atoms with Crippen molar-refractivity contribution < 1.29 is 36.7 Å². The van der Waals surface area contributed by atoms with Crippen LogP contribution in [0.15, 0.2) is 23.4 Å². The average Bonchev–Trinajstić information content (AvgIpc) is 2.72. The zero-order valence-electron chi connectivity index (χ0n) is 9.54. The summed E-state index contributed by atoms with van der Waals surface area (Å²) < 4.78 is 64.3. The third kappa shape index (κ3) is 2.19. The first-order chi connectivity index (χ1) is 9.15. The maximum Gasteiger partial charge on any atom is 0.442 e. The van der Waals surface area contributed by atoms with Gasteiger partial charge in [0.2, 0.25) is 0 Å². The number of carbonyl (C=O) groups is 1. The van der Waals surface area contributed by atoms with Crippen molar-refractivity contribution in [3.05, 3.63) is 35.4 Å². The first-order valence-electron chi connectivity index (χ1n) is 5.17. The molecule has 2 rings (SSSR count). The number of benzene rings is 1.